The van der Waals surface area contributed by atoms with E-state index in [2.05, 4.69) is 15.4 Å². The van der Waals surface area contributed by atoms with Crippen molar-refractivity contribution in [3.63, 3.8) is 0 Å². The van der Waals surface area contributed by atoms with Gasteiger partial charge in [-0.25, -0.2) is 26.8 Å². The van der Waals surface area contributed by atoms with Gasteiger partial charge in [0.15, 0.2) is 0 Å². The molecule has 26 heavy (non-hydrogen) atoms. The molecule has 9 nitrogen and oxygen atoms in total. The minimum absolute atomic E-state index is 0.00602. The van der Waals surface area contributed by atoms with Crippen molar-refractivity contribution in [2.75, 3.05) is 16.3 Å². The monoisotopic (exact) mass is 398 g/mol. The molecule has 0 saturated heterocycles. The van der Waals surface area contributed by atoms with E-state index in [0.717, 1.165) is 6.26 Å². The molecular weight excluding hydrogens is 380 g/mol. The fourth-order valence-corrected chi connectivity index (χ4v) is 3.07. The third kappa shape index (κ3) is 6.35. The highest BCUT2D eigenvalue weighted by Crippen LogP contribution is 2.14. The fraction of sp³-hybridized carbons (Fsp3) is 0.133. The van der Waals surface area contributed by atoms with E-state index in [1.165, 1.54) is 24.3 Å². The lowest BCUT2D eigenvalue weighted by atomic mass is 10.2. The van der Waals surface area contributed by atoms with Gasteiger partial charge in [0.05, 0.1) is 11.2 Å². The Hall–Kier alpha value is -2.63. The first-order chi connectivity index (χ1) is 12.0. The lowest BCUT2D eigenvalue weighted by Gasteiger charge is -2.09. The van der Waals surface area contributed by atoms with Crippen molar-refractivity contribution < 1.29 is 21.6 Å². The van der Waals surface area contributed by atoms with Gasteiger partial charge < -0.3 is 10.6 Å². The molecule has 140 valence electrons. The normalized spacial score (nSPS) is 11.6. The Morgan fingerprint density at radius 1 is 0.923 bits per heavy atom. The molecule has 0 heterocycles. The molecule has 11 heteroatoms. The highest BCUT2D eigenvalue weighted by molar-refractivity contribution is 7.92. The molecule has 0 bridgehead atoms. The maximum absolute atomic E-state index is 11.9. The maximum Gasteiger partial charge on any atom is 0.319 e. The summed E-state index contributed by atoms with van der Waals surface area (Å²) in [4.78, 5) is 11.9. The van der Waals surface area contributed by atoms with Crippen molar-refractivity contribution in [3.8, 4) is 0 Å². The molecular formula is C15H18N4O5S2. The minimum atomic E-state index is -3.75. The van der Waals surface area contributed by atoms with E-state index in [9.17, 15) is 21.6 Å². The second-order valence-electron chi connectivity index (χ2n) is 5.45. The highest BCUT2D eigenvalue weighted by Gasteiger charge is 2.08. The zero-order valence-corrected chi connectivity index (χ0v) is 15.4. The van der Waals surface area contributed by atoms with E-state index >= 15 is 0 Å². The van der Waals surface area contributed by atoms with E-state index in [1.807, 2.05) is 0 Å². The first-order valence-electron chi connectivity index (χ1n) is 7.27. The molecule has 0 spiro atoms. The standard InChI is InChI=1S/C15H18N4O5S2/c1-25(21,22)19-13-6-4-12(5-7-13)18-15(20)17-10-11-2-8-14(9-3-11)26(16,23)24/h2-9,19H,10H2,1H3,(H2,16,23,24)(H2,17,18,20). The largest absolute Gasteiger partial charge is 0.334 e. The average Bonchev–Trinajstić information content (AvgIpc) is 2.53. The molecule has 0 aliphatic rings. The van der Waals surface area contributed by atoms with Crippen molar-refractivity contribution in [1.29, 1.82) is 0 Å². The van der Waals surface area contributed by atoms with Crippen LogP contribution in [-0.2, 0) is 26.6 Å². The molecule has 0 aliphatic heterocycles. The summed E-state index contributed by atoms with van der Waals surface area (Å²) < 4.78 is 46.9. The lowest BCUT2D eigenvalue weighted by Crippen LogP contribution is -2.28. The predicted molar refractivity (Wildman–Crippen MR) is 98.6 cm³/mol. The second-order valence-corrected chi connectivity index (χ2v) is 8.76. The van der Waals surface area contributed by atoms with Crippen LogP contribution in [-0.4, -0.2) is 29.1 Å². The van der Waals surface area contributed by atoms with Crippen molar-refractivity contribution >= 4 is 37.5 Å². The number of anilines is 2. The third-order valence-corrected chi connectivity index (χ3v) is 4.69. The molecule has 0 aromatic heterocycles. The van der Waals surface area contributed by atoms with Gasteiger partial charge in [-0.05, 0) is 42.0 Å². The smallest absolute Gasteiger partial charge is 0.319 e. The van der Waals surface area contributed by atoms with Crippen LogP contribution in [0.3, 0.4) is 0 Å². The molecule has 0 unspecified atom stereocenters. The van der Waals surface area contributed by atoms with Crippen molar-refractivity contribution in [2.24, 2.45) is 5.14 Å². The Balaban J connectivity index is 1.89. The molecule has 2 aromatic carbocycles. The van der Waals surface area contributed by atoms with Crippen molar-refractivity contribution in [2.45, 2.75) is 11.4 Å². The summed E-state index contributed by atoms with van der Waals surface area (Å²) in [5.74, 6) is 0. The number of hydrogen-bond donors (Lipinski definition) is 4. The Kier molecular flexibility index (Phi) is 5.85. The number of nitrogens with two attached hydrogens (primary N) is 1. The van der Waals surface area contributed by atoms with Crippen LogP contribution >= 0.6 is 0 Å². The van der Waals surface area contributed by atoms with Gasteiger partial charge >= 0.3 is 6.03 Å². The number of carbonyl (C=O) groups is 1. The first-order valence-corrected chi connectivity index (χ1v) is 10.7. The van der Waals surface area contributed by atoms with E-state index in [4.69, 9.17) is 5.14 Å². The summed E-state index contributed by atoms with van der Waals surface area (Å²) in [5, 5.41) is 10.2. The molecule has 0 saturated carbocycles. The van der Waals surface area contributed by atoms with Gasteiger partial charge in [-0.1, -0.05) is 12.1 Å². The van der Waals surface area contributed by atoms with Gasteiger partial charge in [0, 0.05) is 17.9 Å². The number of carbonyl (C=O) groups excluding carboxylic acids is 1. The van der Waals surface area contributed by atoms with Crippen LogP contribution in [0, 0.1) is 0 Å². The Morgan fingerprint density at radius 3 is 1.96 bits per heavy atom. The number of urea groups is 1. The van der Waals surface area contributed by atoms with Crippen LogP contribution in [0.4, 0.5) is 16.2 Å². The molecule has 2 rings (SSSR count). The van der Waals surface area contributed by atoms with Crippen molar-refractivity contribution in [1.82, 2.24) is 5.32 Å². The van der Waals surface area contributed by atoms with E-state index < -0.39 is 26.1 Å². The van der Waals surface area contributed by atoms with Crippen LogP contribution in [0.25, 0.3) is 0 Å². The second kappa shape index (κ2) is 7.72. The Morgan fingerprint density at radius 2 is 1.46 bits per heavy atom. The summed E-state index contributed by atoms with van der Waals surface area (Å²) in [6.07, 6.45) is 1.04. The average molecular weight is 398 g/mol. The summed E-state index contributed by atoms with van der Waals surface area (Å²) in [5.41, 5.74) is 1.56. The Labute approximate surface area is 151 Å². The zero-order valence-electron chi connectivity index (χ0n) is 13.8. The predicted octanol–water partition coefficient (Wildman–Crippen LogP) is 1.03. The quantitative estimate of drug-likeness (QED) is 0.574. The molecule has 0 aliphatic carbocycles. The summed E-state index contributed by atoms with van der Waals surface area (Å²) in [7, 11) is -7.11. The highest BCUT2D eigenvalue weighted by atomic mass is 32.2. The molecule has 5 N–H and O–H groups in total. The number of nitrogens with one attached hydrogen (secondary N) is 3. The summed E-state index contributed by atoms with van der Waals surface area (Å²) >= 11 is 0. The van der Waals surface area contributed by atoms with Gasteiger partial charge in [-0.3, -0.25) is 4.72 Å². The fourth-order valence-electron chi connectivity index (χ4n) is 1.99. The lowest BCUT2D eigenvalue weighted by molar-refractivity contribution is 0.251. The molecule has 2 amide bonds. The van der Waals surface area contributed by atoms with Crippen LogP contribution in [0.2, 0.25) is 0 Å². The van der Waals surface area contributed by atoms with Gasteiger partial charge in [0.25, 0.3) is 0 Å². The van der Waals surface area contributed by atoms with E-state index in [-0.39, 0.29) is 11.4 Å². The van der Waals surface area contributed by atoms with Gasteiger partial charge in [0.2, 0.25) is 20.0 Å². The zero-order chi connectivity index (χ0) is 19.4. The van der Waals surface area contributed by atoms with Crippen LogP contribution < -0.4 is 20.5 Å². The molecule has 0 atom stereocenters. The molecule has 2 aromatic rings. The minimum Gasteiger partial charge on any atom is -0.334 e. The van der Waals surface area contributed by atoms with Gasteiger partial charge in [0.1, 0.15) is 0 Å². The summed E-state index contributed by atoms with van der Waals surface area (Å²) in [6, 6.07) is 11.5. The molecule has 0 fully saturated rings. The van der Waals surface area contributed by atoms with Gasteiger partial charge in [-0.2, -0.15) is 0 Å². The van der Waals surface area contributed by atoms with E-state index in [1.54, 1.807) is 24.3 Å². The van der Waals surface area contributed by atoms with Crippen molar-refractivity contribution in [3.05, 3.63) is 54.1 Å². The number of amides is 2. The summed E-state index contributed by atoms with van der Waals surface area (Å²) in [6.45, 7) is 0.185. The van der Waals surface area contributed by atoms with Gasteiger partial charge in [-0.15, -0.1) is 0 Å². The molecule has 0 radical (unpaired) electrons. The van der Waals surface area contributed by atoms with Crippen LogP contribution in [0.15, 0.2) is 53.4 Å². The first kappa shape index (κ1) is 19.7. The third-order valence-electron chi connectivity index (χ3n) is 3.15. The van der Waals surface area contributed by atoms with Crippen LogP contribution in [0.5, 0.6) is 0 Å². The Bertz CT molecular complexity index is 985. The topological polar surface area (TPSA) is 147 Å². The SMILES string of the molecule is CS(=O)(=O)Nc1ccc(NC(=O)NCc2ccc(S(N)(=O)=O)cc2)cc1. The van der Waals surface area contributed by atoms with E-state index in [0.29, 0.717) is 16.9 Å². The number of sulfonamides is 2. The number of benzene rings is 2. The van der Waals surface area contributed by atoms with Crippen LogP contribution in [0.1, 0.15) is 5.56 Å². The maximum atomic E-state index is 11.9. The number of hydrogen-bond acceptors (Lipinski definition) is 5. The number of rotatable bonds is 6. The number of primary sulfonamides is 1.